The standard InChI is InChI=1S/C24H27F3N6O/c1-5-19-24(34)31(4)20-11-28-21(30-23(20)33(19)14(2)3)7-6-15-10-29-32(12-15)13-16-8-17(25)22(27)18(26)9-16/h8-12,14,19H,5-7,13H2,1-4H3/t19-/m0/s1. The first kappa shape index (κ1) is 23.7. The van der Waals surface area contributed by atoms with Crippen LogP contribution in [0.1, 0.15) is 44.1 Å². The topological polar surface area (TPSA) is 67.2 Å². The van der Waals surface area contributed by atoms with E-state index in [1.54, 1.807) is 35.2 Å². The van der Waals surface area contributed by atoms with E-state index < -0.39 is 17.5 Å². The normalized spacial score (nSPS) is 15.9. The number of halogens is 3. The van der Waals surface area contributed by atoms with Crippen molar-refractivity contribution < 1.29 is 18.0 Å². The predicted octanol–water partition coefficient (Wildman–Crippen LogP) is 3.89. The maximum atomic E-state index is 13.5. The van der Waals surface area contributed by atoms with Gasteiger partial charge in [-0.25, -0.2) is 23.1 Å². The number of rotatable bonds is 7. The summed E-state index contributed by atoms with van der Waals surface area (Å²) in [7, 11) is 1.75. The van der Waals surface area contributed by atoms with Crippen LogP contribution >= 0.6 is 0 Å². The highest BCUT2D eigenvalue weighted by atomic mass is 19.2. The molecule has 0 fully saturated rings. The van der Waals surface area contributed by atoms with Gasteiger partial charge in [-0.05, 0) is 49.9 Å². The van der Waals surface area contributed by atoms with Crippen molar-refractivity contribution in [2.45, 2.75) is 58.7 Å². The van der Waals surface area contributed by atoms with E-state index in [2.05, 4.69) is 15.0 Å². The lowest BCUT2D eigenvalue weighted by molar-refractivity contribution is -0.120. The zero-order valence-electron chi connectivity index (χ0n) is 19.6. The average molecular weight is 473 g/mol. The summed E-state index contributed by atoms with van der Waals surface area (Å²) in [4.78, 5) is 25.7. The van der Waals surface area contributed by atoms with Crippen molar-refractivity contribution in [3.63, 3.8) is 0 Å². The van der Waals surface area contributed by atoms with Gasteiger partial charge in [0.05, 0.1) is 18.9 Å². The second-order valence-electron chi connectivity index (χ2n) is 8.74. The molecule has 0 radical (unpaired) electrons. The van der Waals surface area contributed by atoms with Gasteiger partial charge < -0.3 is 9.80 Å². The monoisotopic (exact) mass is 472 g/mol. The number of hydrogen-bond acceptors (Lipinski definition) is 5. The van der Waals surface area contributed by atoms with E-state index in [0.29, 0.717) is 30.8 Å². The Morgan fingerprint density at radius 2 is 1.76 bits per heavy atom. The second-order valence-corrected chi connectivity index (χ2v) is 8.74. The minimum absolute atomic E-state index is 0.0355. The molecule has 1 aliphatic heterocycles. The fourth-order valence-corrected chi connectivity index (χ4v) is 4.30. The number of hydrogen-bond donors (Lipinski definition) is 0. The summed E-state index contributed by atoms with van der Waals surface area (Å²) in [5.74, 6) is -2.48. The Balaban J connectivity index is 1.49. The molecule has 180 valence electrons. The molecular formula is C24H27F3N6O. The minimum atomic E-state index is -1.48. The first-order valence-corrected chi connectivity index (χ1v) is 11.3. The van der Waals surface area contributed by atoms with Crippen LogP contribution in [-0.4, -0.2) is 44.8 Å². The van der Waals surface area contributed by atoms with Crippen LogP contribution < -0.4 is 9.80 Å². The molecule has 0 aliphatic carbocycles. The number of aryl methyl sites for hydroxylation is 2. The SMILES string of the molecule is CC[C@H]1C(=O)N(C)c2cnc(CCc3cnn(Cc4cc(F)c(F)c(F)c4)c3)nc2N1C(C)C. The first-order valence-electron chi connectivity index (χ1n) is 11.3. The van der Waals surface area contributed by atoms with Crippen LogP contribution in [0.15, 0.2) is 30.7 Å². The molecule has 1 aliphatic rings. The van der Waals surface area contributed by atoms with Crippen LogP contribution in [0.3, 0.4) is 0 Å². The second kappa shape index (κ2) is 9.44. The molecule has 3 aromatic rings. The molecule has 2 aromatic heterocycles. The van der Waals surface area contributed by atoms with Gasteiger partial charge in [0.1, 0.15) is 17.6 Å². The molecular weight excluding hydrogens is 445 g/mol. The van der Waals surface area contributed by atoms with Gasteiger partial charge in [0.25, 0.3) is 0 Å². The van der Waals surface area contributed by atoms with Crippen LogP contribution in [0, 0.1) is 17.5 Å². The molecule has 1 amide bonds. The van der Waals surface area contributed by atoms with Crippen molar-refractivity contribution in [3.8, 4) is 0 Å². The molecule has 1 aromatic carbocycles. The van der Waals surface area contributed by atoms with Crippen molar-refractivity contribution >= 4 is 17.4 Å². The summed E-state index contributed by atoms with van der Waals surface area (Å²) in [5.41, 5.74) is 1.88. The highest BCUT2D eigenvalue weighted by Crippen LogP contribution is 2.35. The third kappa shape index (κ3) is 4.49. The molecule has 34 heavy (non-hydrogen) atoms. The Bertz CT molecular complexity index is 1190. The van der Waals surface area contributed by atoms with E-state index >= 15 is 0 Å². The van der Waals surface area contributed by atoms with Crippen molar-refractivity contribution in [2.75, 3.05) is 16.8 Å². The molecule has 0 spiro atoms. The van der Waals surface area contributed by atoms with Gasteiger partial charge in [-0.3, -0.25) is 9.48 Å². The van der Waals surface area contributed by atoms with Gasteiger partial charge in [0.15, 0.2) is 23.3 Å². The summed E-state index contributed by atoms with van der Waals surface area (Å²) in [5, 5.41) is 4.24. The van der Waals surface area contributed by atoms with Gasteiger partial charge >= 0.3 is 0 Å². The number of benzene rings is 1. The molecule has 0 bridgehead atoms. The fraction of sp³-hybridized carbons (Fsp3) is 0.417. The minimum Gasteiger partial charge on any atom is -0.340 e. The molecule has 0 saturated carbocycles. The number of likely N-dealkylation sites (N-methyl/N-ethyl adjacent to an activating group) is 1. The van der Waals surface area contributed by atoms with Gasteiger partial charge in [0, 0.05) is 25.7 Å². The van der Waals surface area contributed by atoms with Crippen LogP contribution in [0.2, 0.25) is 0 Å². The zero-order chi connectivity index (χ0) is 24.6. The number of nitrogens with zero attached hydrogens (tertiary/aromatic N) is 6. The number of fused-ring (bicyclic) bond motifs is 1. The van der Waals surface area contributed by atoms with E-state index in [9.17, 15) is 18.0 Å². The van der Waals surface area contributed by atoms with E-state index in [4.69, 9.17) is 4.98 Å². The molecule has 0 unspecified atom stereocenters. The third-order valence-electron chi connectivity index (χ3n) is 6.01. The number of aromatic nitrogens is 4. The Labute approximate surface area is 196 Å². The number of amides is 1. The molecule has 0 saturated heterocycles. The predicted molar refractivity (Wildman–Crippen MR) is 122 cm³/mol. The van der Waals surface area contributed by atoms with Gasteiger partial charge in [0.2, 0.25) is 5.91 Å². The number of carbonyl (C=O) groups excluding carboxylic acids is 1. The average Bonchev–Trinajstić information content (AvgIpc) is 3.25. The third-order valence-corrected chi connectivity index (χ3v) is 6.01. The smallest absolute Gasteiger partial charge is 0.249 e. The van der Waals surface area contributed by atoms with Gasteiger partial charge in [-0.15, -0.1) is 0 Å². The number of carbonyl (C=O) groups is 1. The quantitative estimate of drug-likeness (QED) is 0.488. The maximum absolute atomic E-state index is 13.5. The van der Waals surface area contributed by atoms with Crippen molar-refractivity contribution in [1.82, 2.24) is 19.7 Å². The van der Waals surface area contributed by atoms with E-state index in [0.717, 1.165) is 23.5 Å². The lowest BCUT2D eigenvalue weighted by atomic mass is 10.1. The summed E-state index contributed by atoms with van der Waals surface area (Å²) in [6, 6.07) is 1.77. The highest BCUT2D eigenvalue weighted by molar-refractivity contribution is 6.04. The first-order chi connectivity index (χ1) is 16.2. The van der Waals surface area contributed by atoms with Crippen molar-refractivity contribution in [2.24, 2.45) is 0 Å². The molecule has 10 heteroatoms. The van der Waals surface area contributed by atoms with Crippen molar-refractivity contribution in [1.29, 1.82) is 0 Å². The highest BCUT2D eigenvalue weighted by Gasteiger charge is 2.38. The van der Waals surface area contributed by atoms with Gasteiger partial charge in [-0.1, -0.05) is 6.92 Å². The lowest BCUT2D eigenvalue weighted by Gasteiger charge is -2.42. The van der Waals surface area contributed by atoms with Crippen LogP contribution in [0.25, 0.3) is 0 Å². The zero-order valence-corrected chi connectivity index (χ0v) is 19.6. The van der Waals surface area contributed by atoms with Gasteiger partial charge in [-0.2, -0.15) is 5.10 Å². The van der Waals surface area contributed by atoms with E-state index in [1.165, 1.54) is 0 Å². The van der Waals surface area contributed by atoms with Crippen molar-refractivity contribution in [3.05, 3.63) is 65.1 Å². The molecule has 4 rings (SSSR count). The molecule has 1 atom stereocenters. The summed E-state index contributed by atoms with van der Waals surface area (Å²) < 4.78 is 41.6. The Hall–Kier alpha value is -3.43. The molecule has 0 N–H and O–H groups in total. The van der Waals surface area contributed by atoms with Crippen LogP contribution in [-0.2, 0) is 24.2 Å². The molecule has 3 heterocycles. The van der Waals surface area contributed by atoms with E-state index in [-0.39, 0.29) is 30.1 Å². The Morgan fingerprint density at radius 3 is 2.41 bits per heavy atom. The van der Waals surface area contributed by atoms with Crippen LogP contribution in [0.4, 0.5) is 24.7 Å². The number of anilines is 2. The summed E-state index contributed by atoms with van der Waals surface area (Å²) >= 11 is 0. The fourth-order valence-electron chi connectivity index (χ4n) is 4.30. The maximum Gasteiger partial charge on any atom is 0.249 e. The summed E-state index contributed by atoms with van der Waals surface area (Å²) in [6.45, 7) is 6.19. The Morgan fingerprint density at radius 1 is 1.06 bits per heavy atom. The lowest BCUT2D eigenvalue weighted by Crippen LogP contribution is -2.55. The van der Waals surface area contributed by atoms with E-state index in [1.807, 2.05) is 20.8 Å². The van der Waals surface area contributed by atoms with Crippen LogP contribution in [0.5, 0.6) is 0 Å². The Kier molecular flexibility index (Phi) is 6.58. The molecule has 7 nitrogen and oxygen atoms in total. The summed E-state index contributed by atoms with van der Waals surface area (Å²) in [6.07, 6.45) is 6.99. The largest absolute Gasteiger partial charge is 0.340 e.